The lowest BCUT2D eigenvalue weighted by molar-refractivity contribution is -0.164. The van der Waals surface area contributed by atoms with Crippen LogP contribution >= 0.6 is 19.0 Å². The van der Waals surface area contributed by atoms with Crippen molar-refractivity contribution >= 4 is 64.6 Å². The molecule has 1 fully saturated rings. The molecular weight excluding hydrogens is 998 g/mol. The molecular formula is C65H57N3O7PS+. The Morgan fingerprint density at radius 2 is 0.987 bits per heavy atom. The molecule has 10 rings (SSSR count). The van der Waals surface area contributed by atoms with Crippen molar-refractivity contribution in [2.75, 3.05) is 11.9 Å². The van der Waals surface area contributed by atoms with E-state index in [9.17, 15) is 14.4 Å². The Hall–Kier alpha value is -8.37. The second-order valence-electron chi connectivity index (χ2n) is 18.9. The lowest BCUT2D eigenvalue weighted by Crippen LogP contribution is -2.74. The highest BCUT2D eigenvalue weighted by Crippen LogP contribution is 2.58. The van der Waals surface area contributed by atoms with Crippen LogP contribution in [-0.4, -0.2) is 62.9 Å². The predicted octanol–water partition coefficient (Wildman–Crippen LogP) is 11.2. The van der Waals surface area contributed by atoms with E-state index in [2.05, 4.69) is 41.8 Å². The van der Waals surface area contributed by atoms with Crippen LogP contribution in [0.2, 0.25) is 0 Å². The Morgan fingerprint density at radius 1 is 0.571 bits per heavy atom. The molecule has 0 bridgehead atoms. The van der Waals surface area contributed by atoms with Gasteiger partial charge in [0.25, 0.3) is 11.8 Å². The van der Waals surface area contributed by atoms with Crippen LogP contribution in [0, 0.1) is 0 Å². The molecule has 0 aliphatic carbocycles. The largest absolute Gasteiger partial charge is 0.449 e. The van der Waals surface area contributed by atoms with E-state index in [0.717, 1.165) is 48.7 Å². The number of unbranched alkanes of at least 4 members (excludes halogenated alkanes) is 1. The minimum absolute atomic E-state index is 0.0503. The molecule has 2 heterocycles. The standard InChI is InChI=1S/C65H56N3O7PS/c1-2-3-42-56(69)68(66-61(70)50-34-25-35-51(43-50)64(72)74-59(46-26-11-4-12-27-46)47-28-13-5-14-29-47)58-62(71)67-57(65(73)75-60(48-30-15-6-16-31-48)49-32-17-7-18-33-49)52(45-77-63(58)67)44-76(53-36-19-8-20-37-53,54-38-21-9-22-39-54)55-40-23-10-24-41-55/h4-41,43,58-60,63H,2-3,42,44-45H2,1H3/p+1/t58?,63-/m1/s1. The zero-order valence-corrected chi connectivity index (χ0v) is 44.2. The van der Waals surface area contributed by atoms with E-state index in [-0.39, 0.29) is 23.2 Å². The van der Waals surface area contributed by atoms with Crippen molar-refractivity contribution in [2.24, 2.45) is 0 Å². The zero-order valence-electron chi connectivity index (χ0n) is 42.5. The van der Waals surface area contributed by atoms with Crippen LogP contribution in [0.1, 0.15) is 81.4 Å². The number of amides is 3. The van der Waals surface area contributed by atoms with Gasteiger partial charge in [0.15, 0.2) is 18.2 Å². The van der Waals surface area contributed by atoms with Gasteiger partial charge in [-0.15, -0.1) is 11.8 Å². The number of fused-ring (bicyclic) bond motifs is 1. The third kappa shape index (κ3) is 11.2. The van der Waals surface area contributed by atoms with Crippen LogP contribution < -0.4 is 21.3 Å². The van der Waals surface area contributed by atoms with Gasteiger partial charge in [0.1, 0.15) is 34.2 Å². The molecule has 0 aromatic heterocycles. The fourth-order valence-corrected chi connectivity index (χ4v) is 16.0. The van der Waals surface area contributed by atoms with Gasteiger partial charge in [0.05, 0.1) is 11.7 Å². The van der Waals surface area contributed by atoms with Gasteiger partial charge >= 0.3 is 11.9 Å². The summed E-state index contributed by atoms with van der Waals surface area (Å²) in [4.78, 5) is 75.3. The second-order valence-corrected chi connectivity index (χ2v) is 23.5. The Bertz CT molecular complexity index is 3200. The van der Waals surface area contributed by atoms with Gasteiger partial charge in [-0.2, -0.15) is 0 Å². The summed E-state index contributed by atoms with van der Waals surface area (Å²) in [5.74, 6) is -2.73. The average Bonchev–Trinajstić information content (AvgIpc) is 3.55. The fourth-order valence-electron chi connectivity index (χ4n) is 10.1. The molecule has 3 amide bonds. The summed E-state index contributed by atoms with van der Waals surface area (Å²) in [6.45, 7) is 1.96. The topological polar surface area (TPSA) is 122 Å². The summed E-state index contributed by atoms with van der Waals surface area (Å²) in [7, 11) is -2.63. The van der Waals surface area contributed by atoms with Crippen molar-refractivity contribution in [1.29, 1.82) is 0 Å². The summed E-state index contributed by atoms with van der Waals surface area (Å²) in [5, 5.41) is 3.66. The highest BCUT2D eigenvalue weighted by Gasteiger charge is 2.59. The first-order chi connectivity index (χ1) is 37.7. The van der Waals surface area contributed by atoms with Crippen LogP contribution in [0.5, 0.6) is 0 Å². The summed E-state index contributed by atoms with van der Waals surface area (Å²) in [5.41, 5.74) is 6.91. The maximum absolute atomic E-state index is 15.6. The number of nitrogens with zero attached hydrogens (tertiary/aromatic N) is 2. The van der Waals surface area contributed by atoms with Gasteiger partial charge in [-0.25, -0.2) is 14.6 Å². The number of carbonyl (C=O) groups excluding carboxylic acids is 5. The highest BCUT2D eigenvalue weighted by molar-refractivity contribution is 8.00. The van der Waals surface area contributed by atoms with Gasteiger partial charge in [-0.05, 0) is 83.3 Å². The number of thioether (sulfide) groups is 1. The zero-order chi connectivity index (χ0) is 53.1. The Morgan fingerprint density at radius 3 is 1.43 bits per heavy atom. The highest BCUT2D eigenvalue weighted by atomic mass is 32.2. The number of nitrogens with one attached hydrogen (secondary N) is 1. The first-order valence-corrected chi connectivity index (χ1v) is 28.8. The van der Waals surface area contributed by atoms with Crippen molar-refractivity contribution in [3.8, 4) is 0 Å². The number of esters is 2. The van der Waals surface area contributed by atoms with E-state index in [4.69, 9.17) is 9.47 Å². The number of rotatable bonds is 18. The minimum Gasteiger partial charge on any atom is -0.449 e. The molecule has 0 radical (unpaired) electrons. The molecule has 2 aliphatic heterocycles. The molecule has 0 saturated carbocycles. The Labute approximate surface area is 454 Å². The maximum Gasteiger partial charge on any atom is 0.356 e. The third-order valence-electron chi connectivity index (χ3n) is 14.0. The number of β-lactam (4-membered cyclic amide) rings is 1. The number of carbonyl (C=O) groups is 5. The third-order valence-corrected chi connectivity index (χ3v) is 19.7. The van der Waals surface area contributed by atoms with Gasteiger partial charge < -0.3 is 9.47 Å². The average molecular weight is 1060 g/mol. The lowest BCUT2D eigenvalue weighted by atomic mass is 10.0. The van der Waals surface area contributed by atoms with Gasteiger partial charge in [0.2, 0.25) is 5.91 Å². The van der Waals surface area contributed by atoms with Crippen molar-refractivity contribution in [2.45, 2.75) is 49.8 Å². The summed E-state index contributed by atoms with van der Waals surface area (Å²) >= 11 is 1.44. The number of hydrogen-bond acceptors (Lipinski definition) is 8. The fraction of sp³-hybridized carbons (Fsp3) is 0.154. The molecule has 2 atom stereocenters. The quantitative estimate of drug-likeness (QED) is 0.0390. The van der Waals surface area contributed by atoms with E-state index >= 15 is 9.59 Å². The molecule has 384 valence electrons. The normalized spacial score (nSPS) is 15.1. The molecule has 1 N–H and O–H groups in total. The molecule has 1 unspecified atom stereocenters. The lowest BCUT2D eigenvalue weighted by Gasteiger charge is -2.52. The van der Waals surface area contributed by atoms with Crippen molar-refractivity contribution < 1.29 is 33.4 Å². The predicted molar refractivity (Wildman–Crippen MR) is 305 cm³/mol. The van der Waals surface area contributed by atoms with E-state index in [1.807, 2.05) is 183 Å². The SMILES string of the molecule is CCCCC(=O)N(NC(=O)c1cccc(C(=O)OC(c2ccccc2)c2ccccc2)c1)C1C(=O)N2C(C(=O)OC(c3ccccc3)c3ccccc3)=C(C[P+](c3ccccc3)(c3ccccc3)c3ccccc3)CS[C@H]12. The minimum atomic E-state index is -2.63. The van der Waals surface area contributed by atoms with Gasteiger partial charge in [-0.3, -0.25) is 24.7 Å². The molecule has 0 spiro atoms. The van der Waals surface area contributed by atoms with E-state index in [0.29, 0.717) is 24.8 Å². The smallest absolute Gasteiger partial charge is 0.356 e. The Kier molecular flexibility index (Phi) is 16.3. The molecule has 2 aliphatic rings. The van der Waals surface area contributed by atoms with Gasteiger partial charge in [0, 0.05) is 23.3 Å². The monoisotopic (exact) mass is 1050 g/mol. The first kappa shape index (κ1) is 52.1. The number of ether oxygens (including phenoxy) is 2. The van der Waals surface area contributed by atoms with Crippen molar-refractivity contribution in [3.05, 3.63) is 281 Å². The number of hydrazine groups is 1. The van der Waals surface area contributed by atoms with Crippen LogP contribution in [0.15, 0.2) is 248 Å². The Balaban J connectivity index is 1.01. The van der Waals surface area contributed by atoms with E-state index in [1.54, 1.807) is 12.1 Å². The van der Waals surface area contributed by atoms with Crippen LogP contribution in [0.3, 0.4) is 0 Å². The molecule has 77 heavy (non-hydrogen) atoms. The molecule has 12 heteroatoms. The molecule has 8 aromatic carbocycles. The van der Waals surface area contributed by atoms with E-state index in [1.165, 1.54) is 28.8 Å². The first-order valence-electron chi connectivity index (χ1n) is 25.8. The van der Waals surface area contributed by atoms with Crippen molar-refractivity contribution in [3.63, 3.8) is 0 Å². The molecule has 1 saturated heterocycles. The number of hydrogen-bond donors (Lipinski definition) is 1. The van der Waals surface area contributed by atoms with Crippen molar-refractivity contribution in [1.82, 2.24) is 15.3 Å². The maximum atomic E-state index is 15.6. The second kappa shape index (κ2) is 24.1. The van der Waals surface area contributed by atoms with Crippen LogP contribution in [-0.2, 0) is 23.9 Å². The summed E-state index contributed by atoms with van der Waals surface area (Å²) in [6, 6.07) is 73.8. The molecule has 8 aromatic rings. The van der Waals surface area contributed by atoms with Gasteiger partial charge in [-0.1, -0.05) is 195 Å². The number of benzene rings is 8. The van der Waals surface area contributed by atoms with Crippen LogP contribution in [0.25, 0.3) is 0 Å². The van der Waals surface area contributed by atoms with Crippen LogP contribution in [0.4, 0.5) is 0 Å². The summed E-state index contributed by atoms with van der Waals surface area (Å²) < 4.78 is 12.8. The van der Waals surface area contributed by atoms with E-state index < -0.39 is 60.5 Å². The summed E-state index contributed by atoms with van der Waals surface area (Å²) in [6.07, 6.45) is 0.103. The molecule has 10 nitrogen and oxygen atoms in total.